The number of sulfonamides is 1. The van der Waals surface area contributed by atoms with Gasteiger partial charge in [0.25, 0.3) is 0 Å². The zero-order valence-electron chi connectivity index (χ0n) is 18.4. The molecule has 1 fully saturated rings. The molecule has 1 aliphatic rings. The third kappa shape index (κ3) is 4.93. The molecule has 0 atom stereocenters. The maximum absolute atomic E-state index is 12.9. The molecular weight excluding hydrogens is 440 g/mol. The maximum Gasteiger partial charge on any atom is 0.243 e. The largest absolute Gasteiger partial charge is 0.383 e. The number of anilines is 1. The Morgan fingerprint density at radius 2 is 1.88 bits per heavy atom. The molecule has 0 spiro atoms. The van der Waals surface area contributed by atoms with Crippen molar-refractivity contribution in [2.45, 2.75) is 24.3 Å². The Morgan fingerprint density at radius 1 is 1.15 bits per heavy atom. The minimum absolute atomic E-state index is 0.0939. The van der Waals surface area contributed by atoms with Crippen molar-refractivity contribution in [3.05, 3.63) is 60.3 Å². The predicted molar refractivity (Wildman–Crippen MR) is 125 cm³/mol. The number of methoxy groups -OCH3 is 1. The quantitative estimate of drug-likeness (QED) is 0.576. The minimum atomic E-state index is -3.64. The van der Waals surface area contributed by atoms with E-state index in [0.29, 0.717) is 25.0 Å². The van der Waals surface area contributed by atoms with E-state index in [0.717, 1.165) is 23.1 Å². The average Bonchev–Trinajstić information content (AvgIpc) is 3.25. The van der Waals surface area contributed by atoms with Crippen LogP contribution in [0, 0.1) is 17.2 Å². The Kier molecular flexibility index (Phi) is 6.79. The smallest absolute Gasteiger partial charge is 0.243 e. The van der Waals surface area contributed by atoms with E-state index in [2.05, 4.69) is 9.88 Å². The number of nitrogens with zero attached hydrogens (tertiary/aromatic N) is 3. The number of carbonyl (C=O) groups excluding carboxylic acids is 1. The number of hydrogen-bond donors (Lipinski definition) is 1. The second kappa shape index (κ2) is 9.75. The summed E-state index contributed by atoms with van der Waals surface area (Å²) in [7, 11) is -1.97. The van der Waals surface area contributed by atoms with Gasteiger partial charge in [-0.1, -0.05) is 0 Å². The number of aromatic nitrogens is 1. The van der Waals surface area contributed by atoms with E-state index in [9.17, 15) is 13.2 Å². The molecule has 1 N–H and O–H groups in total. The Labute approximate surface area is 193 Å². The highest BCUT2D eigenvalue weighted by molar-refractivity contribution is 7.89. The molecular formula is C24H26N4O4S. The van der Waals surface area contributed by atoms with Gasteiger partial charge in [-0.15, -0.1) is 0 Å². The van der Waals surface area contributed by atoms with E-state index in [1.807, 2.05) is 36.5 Å². The highest BCUT2D eigenvalue weighted by atomic mass is 32.2. The first-order valence-electron chi connectivity index (χ1n) is 10.8. The molecule has 0 aliphatic carbocycles. The first-order chi connectivity index (χ1) is 15.9. The first-order valence-corrected chi connectivity index (χ1v) is 12.3. The molecule has 2 aromatic carbocycles. The van der Waals surface area contributed by atoms with Gasteiger partial charge in [0.1, 0.15) is 0 Å². The Balaban J connectivity index is 1.36. The monoisotopic (exact) mass is 466 g/mol. The van der Waals surface area contributed by atoms with Crippen molar-refractivity contribution < 1.29 is 17.9 Å². The fourth-order valence-corrected chi connectivity index (χ4v) is 5.59. The topological polar surface area (TPSA) is 104 Å². The van der Waals surface area contributed by atoms with E-state index >= 15 is 0 Å². The molecule has 1 saturated heterocycles. The van der Waals surface area contributed by atoms with E-state index < -0.39 is 10.0 Å². The lowest BCUT2D eigenvalue weighted by atomic mass is 9.97. The van der Waals surface area contributed by atoms with Crippen molar-refractivity contribution in [3.8, 4) is 6.07 Å². The van der Waals surface area contributed by atoms with Crippen molar-refractivity contribution >= 4 is 32.5 Å². The third-order valence-electron chi connectivity index (χ3n) is 6.02. The molecule has 9 heteroatoms. The first kappa shape index (κ1) is 23.0. The number of piperidine rings is 1. The van der Waals surface area contributed by atoms with Crippen LogP contribution >= 0.6 is 0 Å². The fraction of sp³-hybridized carbons (Fsp3) is 0.333. The zero-order valence-corrected chi connectivity index (χ0v) is 19.2. The predicted octanol–water partition coefficient (Wildman–Crippen LogP) is 3.20. The lowest BCUT2D eigenvalue weighted by Crippen LogP contribution is -2.41. The van der Waals surface area contributed by atoms with Crippen molar-refractivity contribution in [1.82, 2.24) is 8.87 Å². The Hall–Kier alpha value is -3.19. The second-order valence-electron chi connectivity index (χ2n) is 8.08. The van der Waals surface area contributed by atoms with Crippen LogP contribution in [-0.4, -0.2) is 50.0 Å². The van der Waals surface area contributed by atoms with Crippen molar-refractivity contribution in [3.63, 3.8) is 0 Å². The number of rotatable bonds is 7. The van der Waals surface area contributed by atoms with E-state index in [1.54, 1.807) is 7.11 Å². The number of ether oxygens (including phenoxy) is 1. The van der Waals surface area contributed by atoms with E-state index in [1.165, 1.54) is 28.6 Å². The van der Waals surface area contributed by atoms with Gasteiger partial charge in [0, 0.05) is 55.4 Å². The Bertz CT molecular complexity index is 1280. The third-order valence-corrected chi connectivity index (χ3v) is 7.93. The summed E-state index contributed by atoms with van der Waals surface area (Å²) >= 11 is 0. The summed E-state index contributed by atoms with van der Waals surface area (Å²) in [5.74, 6) is -0.344. The van der Waals surface area contributed by atoms with Gasteiger partial charge in [0.2, 0.25) is 15.9 Å². The highest BCUT2D eigenvalue weighted by Gasteiger charge is 2.32. The van der Waals surface area contributed by atoms with Crippen LogP contribution in [0.15, 0.2) is 59.6 Å². The van der Waals surface area contributed by atoms with Gasteiger partial charge in [-0.05, 0) is 61.4 Å². The summed E-state index contributed by atoms with van der Waals surface area (Å²) < 4.78 is 34.4. The summed E-state index contributed by atoms with van der Waals surface area (Å²) in [4.78, 5) is 13.0. The molecule has 0 unspecified atom stereocenters. The highest BCUT2D eigenvalue weighted by Crippen LogP contribution is 2.26. The lowest BCUT2D eigenvalue weighted by Gasteiger charge is -2.30. The van der Waals surface area contributed by atoms with Gasteiger partial charge in [-0.3, -0.25) is 4.79 Å². The number of benzene rings is 2. The minimum Gasteiger partial charge on any atom is -0.383 e. The molecule has 8 nitrogen and oxygen atoms in total. The van der Waals surface area contributed by atoms with Crippen molar-refractivity contribution in [1.29, 1.82) is 5.26 Å². The molecule has 0 saturated carbocycles. The molecule has 33 heavy (non-hydrogen) atoms. The lowest BCUT2D eigenvalue weighted by molar-refractivity contribution is -0.120. The Morgan fingerprint density at radius 3 is 2.55 bits per heavy atom. The number of amides is 1. The van der Waals surface area contributed by atoms with Gasteiger partial charge in [0.05, 0.1) is 23.1 Å². The number of nitrogens with one attached hydrogen (secondary N) is 1. The van der Waals surface area contributed by atoms with Crippen LogP contribution in [0.25, 0.3) is 10.9 Å². The normalized spacial score (nSPS) is 15.4. The van der Waals surface area contributed by atoms with Crippen LogP contribution in [0.3, 0.4) is 0 Å². The van der Waals surface area contributed by atoms with E-state index in [4.69, 9.17) is 10.00 Å². The van der Waals surface area contributed by atoms with Crippen LogP contribution in [-0.2, 0) is 26.1 Å². The molecule has 0 radical (unpaired) electrons. The molecule has 1 aromatic heterocycles. The van der Waals surface area contributed by atoms with Gasteiger partial charge in [-0.25, -0.2) is 8.42 Å². The molecule has 3 aromatic rings. The fourth-order valence-electron chi connectivity index (χ4n) is 4.12. The van der Waals surface area contributed by atoms with Gasteiger partial charge < -0.3 is 14.6 Å². The van der Waals surface area contributed by atoms with Gasteiger partial charge in [0.15, 0.2) is 0 Å². The number of hydrogen-bond acceptors (Lipinski definition) is 5. The van der Waals surface area contributed by atoms with E-state index in [-0.39, 0.29) is 29.8 Å². The molecule has 4 rings (SSSR count). The van der Waals surface area contributed by atoms with Crippen LogP contribution in [0.2, 0.25) is 0 Å². The van der Waals surface area contributed by atoms with Gasteiger partial charge in [-0.2, -0.15) is 9.57 Å². The van der Waals surface area contributed by atoms with Crippen LogP contribution in [0.4, 0.5) is 5.69 Å². The zero-order chi connectivity index (χ0) is 23.4. The molecule has 172 valence electrons. The van der Waals surface area contributed by atoms with Crippen LogP contribution in [0.1, 0.15) is 18.4 Å². The molecule has 1 aliphatic heterocycles. The number of carbonyl (C=O) groups is 1. The maximum atomic E-state index is 12.9. The molecule has 1 amide bonds. The van der Waals surface area contributed by atoms with Crippen molar-refractivity contribution in [2.24, 2.45) is 5.92 Å². The molecule has 0 bridgehead atoms. The molecule has 2 heterocycles. The summed E-state index contributed by atoms with van der Waals surface area (Å²) in [5, 5.41) is 12.9. The summed E-state index contributed by atoms with van der Waals surface area (Å²) in [6, 6.07) is 15.7. The van der Waals surface area contributed by atoms with Crippen LogP contribution < -0.4 is 5.32 Å². The summed E-state index contributed by atoms with van der Waals surface area (Å²) in [6.45, 7) is 1.95. The second-order valence-corrected chi connectivity index (χ2v) is 10.0. The summed E-state index contributed by atoms with van der Waals surface area (Å²) in [6.07, 6.45) is 2.91. The number of fused-ring (bicyclic) bond motifs is 1. The van der Waals surface area contributed by atoms with Gasteiger partial charge >= 0.3 is 0 Å². The number of nitriles is 1. The van der Waals surface area contributed by atoms with Crippen LogP contribution in [0.5, 0.6) is 0 Å². The average molecular weight is 467 g/mol. The summed E-state index contributed by atoms with van der Waals surface area (Å²) in [5.41, 5.74) is 2.21. The van der Waals surface area contributed by atoms with Crippen molar-refractivity contribution in [2.75, 3.05) is 32.1 Å². The SMILES string of the molecule is COCCn1ccc2cc(NC(=O)C3CCN(S(=O)(=O)c4ccc(C#N)cc4)CC3)ccc21. The standard InChI is InChI=1S/C24H26N4O4S/c1-32-15-14-27-11-8-20-16-21(4-7-23(20)27)26-24(29)19-9-12-28(13-10-19)33(30,31)22-5-2-18(17-25)3-6-22/h2-8,11,16,19H,9-10,12-15H2,1H3,(H,26,29).